The molecule has 130 valence electrons. The lowest BCUT2D eigenvalue weighted by atomic mass is 10.0. The van der Waals surface area contributed by atoms with Crippen molar-refractivity contribution in [1.29, 1.82) is 5.26 Å². The zero-order valence-corrected chi connectivity index (χ0v) is 13.8. The van der Waals surface area contributed by atoms with Gasteiger partial charge in [-0.2, -0.15) is 5.26 Å². The monoisotopic (exact) mass is 344 g/mol. The van der Waals surface area contributed by atoms with Gasteiger partial charge in [0.05, 0.1) is 12.1 Å². The van der Waals surface area contributed by atoms with Crippen molar-refractivity contribution >= 4 is 5.82 Å². The van der Waals surface area contributed by atoms with Crippen molar-refractivity contribution in [3.63, 3.8) is 0 Å². The number of aliphatic hydroxyl groups is 1. The van der Waals surface area contributed by atoms with Crippen molar-refractivity contribution in [3.8, 4) is 6.07 Å². The van der Waals surface area contributed by atoms with Crippen LogP contribution in [0.15, 0.2) is 33.9 Å². The molecule has 2 unspecified atom stereocenters. The molecular formula is C17H17FN4O3. The smallest absolute Gasteiger partial charge is 0.332 e. The van der Waals surface area contributed by atoms with Gasteiger partial charge in [0.1, 0.15) is 17.7 Å². The molecular weight excluding hydrogens is 327 g/mol. The Bertz CT molecular complexity index is 989. The molecule has 2 atom stereocenters. The molecule has 0 radical (unpaired) electrons. The molecule has 1 saturated heterocycles. The minimum absolute atomic E-state index is 0.135. The summed E-state index contributed by atoms with van der Waals surface area (Å²) in [7, 11) is 2.77. The Morgan fingerprint density at radius 2 is 2.00 bits per heavy atom. The van der Waals surface area contributed by atoms with E-state index in [4.69, 9.17) is 0 Å². The van der Waals surface area contributed by atoms with E-state index in [0.29, 0.717) is 12.0 Å². The third kappa shape index (κ3) is 2.72. The van der Waals surface area contributed by atoms with Crippen LogP contribution in [0.1, 0.15) is 23.6 Å². The van der Waals surface area contributed by atoms with Crippen LogP contribution in [0, 0.1) is 17.1 Å². The Kier molecular flexibility index (Phi) is 4.18. The SMILES string of the molecule is Cn1c(N2CC(O)CC2c2cccc(F)c2)c(C#N)c(=O)n(C)c1=O. The van der Waals surface area contributed by atoms with Crippen molar-refractivity contribution in [1.82, 2.24) is 9.13 Å². The maximum Gasteiger partial charge on any atom is 0.332 e. The molecule has 7 nitrogen and oxygen atoms in total. The van der Waals surface area contributed by atoms with E-state index >= 15 is 0 Å². The molecule has 1 aromatic carbocycles. The number of hydrogen-bond acceptors (Lipinski definition) is 5. The van der Waals surface area contributed by atoms with Gasteiger partial charge in [-0.05, 0) is 24.1 Å². The zero-order chi connectivity index (χ0) is 18.3. The van der Waals surface area contributed by atoms with E-state index < -0.39 is 29.2 Å². The van der Waals surface area contributed by atoms with E-state index in [2.05, 4.69) is 0 Å². The van der Waals surface area contributed by atoms with E-state index in [-0.39, 0.29) is 17.9 Å². The Morgan fingerprint density at radius 1 is 1.28 bits per heavy atom. The molecule has 2 heterocycles. The average Bonchev–Trinajstić information content (AvgIpc) is 2.97. The molecule has 3 rings (SSSR count). The van der Waals surface area contributed by atoms with Crippen LogP contribution in [0.5, 0.6) is 0 Å². The van der Waals surface area contributed by atoms with Crippen molar-refractivity contribution < 1.29 is 9.50 Å². The van der Waals surface area contributed by atoms with Crippen LogP contribution in [0.4, 0.5) is 10.2 Å². The Labute approximate surface area is 142 Å². The summed E-state index contributed by atoms with van der Waals surface area (Å²) in [5.74, 6) is -0.279. The van der Waals surface area contributed by atoms with Crippen molar-refractivity contribution in [2.75, 3.05) is 11.4 Å². The van der Waals surface area contributed by atoms with Crippen LogP contribution >= 0.6 is 0 Å². The van der Waals surface area contributed by atoms with Crippen LogP contribution in [-0.4, -0.2) is 26.9 Å². The highest BCUT2D eigenvalue weighted by Crippen LogP contribution is 2.36. The second-order valence-corrected chi connectivity index (χ2v) is 6.13. The van der Waals surface area contributed by atoms with Gasteiger partial charge in [0.2, 0.25) is 0 Å². The highest BCUT2D eigenvalue weighted by Gasteiger charge is 2.36. The van der Waals surface area contributed by atoms with Gasteiger partial charge in [0.15, 0.2) is 5.56 Å². The predicted molar refractivity (Wildman–Crippen MR) is 88.7 cm³/mol. The lowest BCUT2D eigenvalue weighted by molar-refractivity contribution is 0.194. The maximum absolute atomic E-state index is 13.6. The molecule has 0 bridgehead atoms. The molecule has 1 aliphatic heterocycles. The van der Waals surface area contributed by atoms with E-state index in [1.807, 2.05) is 6.07 Å². The van der Waals surface area contributed by atoms with E-state index in [1.54, 1.807) is 17.0 Å². The quantitative estimate of drug-likeness (QED) is 0.852. The van der Waals surface area contributed by atoms with Crippen LogP contribution in [-0.2, 0) is 14.1 Å². The first kappa shape index (κ1) is 16.9. The summed E-state index contributed by atoms with van der Waals surface area (Å²) in [5.41, 5.74) is -0.841. The Morgan fingerprint density at radius 3 is 2.64 bits per heavy atom. The number of nitrogens with zero attached hydrogens (tertiary/aromatic N) is 4. The lowest BCUT2D eigenvalue weighted by Gasteiger charge is -2.29. The molecule has 1 fully saturated rings. The summed E-state index contributed by atoms with van der Waals surface area (Å²) < 4.78 is 15.7. The van der Waals surface area contributed by atoms with Gasteiger partial charge in [0.25, 0.3) is 5.56 Å². The topological polar surface area (TPSA) is 91.3 Å². The predicted octanol–water partition coefficient (Wildman–Crippen LogP) is 0.407. The summed E-state index contributed by atoms with van der Waals surface area (Å²) in [4.78, 5) is 26.2. The molecule has 25 heavy (non-hydrogen) atoms. The van der Waals surface area contributed by atoms with Crippen molar-refractivity contribution in [2.45, 2.75) is 18.6 Å². The van der Waals surface area contributed by atoms with Crippen LogP contribution in [0.25, 0.3) is 0 Å². The highest BCUT2D eigenvalue weighted by molar-refractivity contribution is 5.56. The minimum Gasteiger partial charge on any atom is -0.391 e. The molecule has 0 aliphatic carbocycles. The molecule has 1 aliphatic rings. The molecule has 1 aromatic heterocycles. The first-order chi connectivity index (χ1) is 11.8. The van der Waals surface area contributed by atoms with Crippen LogP contribution in [0.2, 0.25) is 0 Å². The fourth-order valence-corrected chi connectivity index (χ4v) is 3.35. The number of nitriles is 1. The van der Waals surface area contributed by atoms with E-state index in [9.17, 15) is 24.3 Å². The van der Waals surface area contributed by atoms with Crippen LogP contribution < -0.4 is 16.1 Å². The summed E-state index contributed by atoms with van der Waals surface area (Å²) in [6.45, 7) is 0.135. The van der Waals surface area contributed by atoms with Crippen molar-refractivity contribution in [3.05, 3.63) is 62.0 Å². The number of aromatic nitrogens is 2. The van der Waals surface area contributed by atoms with Gasteiger partial charge in [-0.3, -0.25) is 13.9 Å². The minimum atomic E-state index is -0.723. The third-order valence-corrected chi connectivity index (χ3v) is 4.53. The first-order valence-corrected chi connectivity index (χ1v) is 7.75. The molecule has 8 heteroatoms. The number of rotatable bonds is 2. The van der Waals surface area contributed by atoms with Crippen LogP contribution in [0.3, 0.4) is 0 Å². The van der Waals surface area contributed by atoms with E-state index in [1.165, 1.54) is 30.8 Å². The number of β-amino-alcohol motifs (C(OH)–C–C–N with tert-alkyl or cyclic N) is 1. The average molecular weight is 344 g/mol. The number of anilines is 1. The Balaban J connectivity index is 2.23. The molecule has 1 N–H and O–H groups in total. The summed E-state index contributed by atoms with van der Waals surface area (Å²) in [6, 6.07) is 7.34. The van der Waals surface area contributed by atoms with Gasteiger partial charge in [-0.1, -0.05) is 12.1 Å². The number of benzene rings is 1. The van der Waals surface area contributed by atoms with Gasteiger partial charge in [-0.25, -0.2) is 9.18 Å². The summed E-state index contributed by atoms with van der Waals surface area (Å²) in [6.07, 6.45) is -0.420. The highest BCUT2D eigenvalue weighted by atomic mass is 19.1. The largest absolute Gasteiger partial charge is 0.391 e. The molecule has 0 saturated carbocycles. The van der Waals surface area contributed by atoms with E-state index in [0.717, 1.165) is 4.57 Å². The first-order valence-electron chi connectivity index (χ1n) is 7.75. The second kappa shape index (κ2) is 6.18. The van der Waals surface area contributed by atoms with Gasteiger partial charge in [-0.15, -0.1) is 0 Å². The normalized spacial score (nSPS) is 19.9. The standard InChI is InChI=1S/C17H17FN4O3/c1-20-15(13(8-19)16(24)21(2)17(20)25)22-9-12(23)7-14(22)10-4-3-5-11(18)6-10/h3-6,12,14,23H,7,9H2,1-2H3. The third-order valence-electron chi connectivity index (χ3n) is 4.53. The second-order valence-electron chi connectivity index (χ2n) is 6.13. The summed E-state index contributed by atoms with van der Waals surface area (Å²) >= 11 is 0. The molecule has 2 aromatic rings. The van der Waals surface area contributed by atoms with Gasteiger partial charge < -0.3 is 10.0 Å². The Hall–Kier alpha value is -2.92. The molecule has 0 spiro atoms. The molecule has 0 amide bonds. The van der Waals surface area contributed by atoms with Crippen molar-refractivity contribution in [2.24, 2.45) is 14.1 Å². The van der Waals surface area contributed by atoms with Gasteiger partial charge >= 0.3 is 5.69 Å². The lowest BCUT2D eigenvalue weighted by Crippen LogP contribution is -2.42. The van der Waals surface area contributed by atoms with Gasteiger partial charge in [0, 0.05) is 20.6 Å². The maximum atomic E-state index is 13.6. The fraction of sp³-hybridized carbons (Fsp3) is 0.353. The summed E-state index contributed by atoms with van der Waals surface area (Å²) in [5, 5.41) is 19.6. The fourth-order valence-electron chi connectivity index (χ4n) is 3.35. The number of hydrogen-bond donors (Lipinski definition) is 1. The number of aliphatic hydroxyl groups excluding tert-OH is 1. The zero-order valence-electron chi connectivity index (χ0n) is 13.8. The number of halogens is 1.